The van der Waals surface area contributed by atoms with Gasteiger partial charge in [0.15, 0.2) is 0 Å². The number of alkyl halides is 2. The third-order valence-corrected chi connectivity index (χ3v) is 5.16. The topological polar surface area (TPSA) is 29.9 Å². The Morgan fingerprint density at radius 2 is 1.92 bits per heavy atom. The van der Waals surface area contributed by atoms with E-state index >= 15 is 0 Å². The van der Waals surface area contributed by atoms with Crippen LogP contribution in [0.2, 0.25) is 5.02 Å². The van der Waals surface area contributed by atoms with E-state index in [1.165, 1.54) is 24.1 Å². The summed E-state index contributed by atoms with van der Waals surface area (Å²) >= 11 is 7.38. The number of nitrogens with one attached hydrogen (secondary N) is 1. The number of nitrogens with zero attached hydrogens (tertiary/aromatic N) is 2. The van der Waals surface area contributed by atoms with Crippen LogP contribution in [0.4, 0.5) is 8.78 Å². The van der Waals surface area contributed by atoms with Crippen molar-refractivity contribution in [3.63, 3.8) is 0 Å². The van der Waals surface area contributed by atoms with Gasteiger partial charge in [-0.3, -0.25) is 0 Å². The molecule has 1 heterocycles. The molecule has 0 fully saturated rings. The highest BCUT2D eigenvalue weighted by molar-refractivity contribution is 7.97. The first-order valence-corrected chi connectivity index (χ1v) is 9.15. The normalized spacial score (nSPS) is 12.9. The number of halogens is 3. The number of hydrogen-bond acceptors (Lipinski definition) is 3. The van der Waals surface area contributed by atoms with E-state index in [2.05, 4.69) is 9.71 Å². The van der Waals surface area contributed by atoms with Gasteiger partial charge in [0.1, 0.15) is 5.82 Å². The highest BCUT2D eigenvalue weighted by atomic mass is 35.5. The molecule has 0 spiro atoms. The maximum absolute atomic E-state index is 13.0. The Morgan fingerprint density at radius 1 is 1.20 bits per heavy atom. The molecule has 1 atom stereocenters. The highest BCUT2D eigenvalue weighted by Crippen LogP contribution is 2.28. The van der Waals surface area contributed by atoms with E-state index in [0.29, 0.717) is 11.6 Å². The zero-order chi connectivity index (χ0) is 18.0. The highest BCUT2D eigenvalue weighted by Gasteiger charge is 2.17. The molecule has 0 aliphatic heterocycles. The minimum atomic E-state index is -2.48. The molecule has 3 rings (SSSR count). The van der Waals surface area contributed by atoms with E-state index in [1.54, 1.807) is 6.07 Å². The Kier molecular flexibility index (Phi) is 5.61. The number of hydrogen-bond donors (Lipinski definition) is 1. The molecule has 2 aromatic carbocycles. The second-order valence-corrected chi connectivity index (χ2v) is 7.01. The molecule has 3 nitrogen and oxygen atoms in total. The number of fused-ring (bicyclic) bond motifs is 1. The average Bonchev–Trinajstić information content (AvgIpc) is 2.98. The summed E-state index contributed by atoms with van der Waals surface area (Å²) in [5.41, 5.74) is 1.48. The molecule has 3 aromatic rings. The molecule has 1 aromatic heterocycles. The molecule has 0 bridgehead atoms. The maximum atomic E-state index is 13.0. The number of benzene rings is 2. The summed E-state index contributed by atoms with van der Waals surface area (Å²) in [7, 11) is 0. The van der Waals surface area contributed by atoms with Gasteiger partial charge in [-0.05, 0) is 62.2 Å². The predicted molar refractivity (Wildman–Crippen MR) is 99.2 cm³/mol. The monoisotopic (exact) mass is 381 g/mol. The van der Waals surface area contributed by atoms with Gasteiger partial charge in [-0.1, -0.05) is 17.7 Å². The van der Waals surface area contributed by atoms with E-state index in [9.17, 15) is 8.78 Å². The van der Waals surface area contributed by atoms with Crippen LogP contribution in [0.3, 0.4) is 0 Å². The first-order chi connectivity index (χ1) is 12.0. The van der Waals surface area contributed by atoms with E-state index < -0.39 is 6.43 Å². The minimum absolute atomic E-state index is 0.0183. The maximum Gasteiger partial charge on any atom is 0.263 e. The van der Waals surface area contributed by atoms with Gasteiger partial charge < -0.3 is 4.57 Å². The van der Waals surface area contributed by atoms with Crippen LogP contribution in [-0.4, -0.2) is 9.55 Å². The molecule has 0 amide bonds. The zero-order valence-electron chi connectivity index (χ0n) is 13.8. The standard InChI is InChI=1S/C18H18ClF2N3S/c1-3-24-16-10-12(17(20)21)4-9-15(16)22-18(24)11(2)23-25-14-7-5-13(19)6-8-14/h4-11,17,23H,3H2,1-2H3/t11-/m1/s1. The second kappa shape index (κ2) is 7.72. The molecular formula is C18H18ClF2N3S. The van der Waals surface area contributed by atoms with Crippen molar-refractivity contribution in [2.24, 2.45) is 0 Å². The minimum Gasteiger partial charge on any atom is -0.327 e. The summed E-state index contributed by atoms with van der Waals surface area (Å²) in [5.74, 6) is 0.824. The van der Waals surface area contributed by atoms with Gasteiger partial charge >= 0.3 is 0 Å². The molecule has 7 heteroatoms. The molecule has 132 valence electrons. The van der Waals surface area contributed by atoms with Crippen molar-refractivity contribution in [1.29, 1.82) is 0 Å². The van der Waals surface area contributed by atoms with Crippen molar-refractivity contribution in [1.82, 2.24) is 14.3 Å². The lowest BCUT2D eigenvalue weighted by atomic mass is 10.2. The first kappa shape index (κ1) is 18.2. The van der Waals surface area contributed by atoms with Crippen molar-refractivity contribution in [3.05, 3.63) is 58.9 Å². The molecule has 0 aliphatic carbocycles. The van der Waals surface area contributed by atoms with Crippen molar-refractivity contribution in [2.75, 3.05) is 0 Å². The Hall–Kier alpha value is -1.63. The zero-order valence-corrected chi connectivity index (χ0v) is 15.4. The van der Waals surface area contributed by atoms with Gasteiger partial charge in [-0.2, -0.15) is 0 Å². The molecule has 0 aliphatic rings. The number of aryl methyl sites for hydroxylation is 1. The van der Waals surface area contributed by atoms with Gasteiger partial charge in [0, 0.05) is 22.0 Å². The summed E-state index contributed by atoms with van der Waals surface area (Å²) in [6, 6.07) is 12.1. The van der Waals surface area contributed by atoms with E-state index in [1.807, 2.05) is 42.7 Å². The van der Waals surface area contributed by atoms with Crippen LogP contribution >= 0.6 is 23.5 Å². The van der Waals surface area contributed by atoms with E-state index in [0.717, 1.165) is 21.8 Å². The van der Waals surface area contributed by atoms with Crippen LogP contribution in [0.1, 0.15) is 37.7 Å². The second-order valence-electron chi connectivity index (χ2n) is 5.66. The lowest BCUT2D eigenvalue weighted by molar-refractivity contribution is 0.151. The van der Waals surface area contributed by atoms with Gasteiger partial charge in [-0.15, -0.1) is 0 Å². The Bertz CT molecular complexity index is 865. The van der Waals surface area contributed by atoms with E-state index in [4.69, 9.17) is 11.6 Å². The van der Waals surface area contributed by atoms with Crippen LogP contribution in [0.25, 0.3) is 11.0 Å². The molecule has 0 unspecified atom stereocenters. The third kappa shape index (κ3) is 3.97. The molecular weight excluding hydrogens is 364 g/mol. The van der Waals surface area contributed by atoms with Crippen LogP contribution in [0.5, 0.6) is 0 Å². The molecule has 0 saturated carbocycles. The first-order valence-electron chi connectivity index (χ1n) is 7.95. The summed E-state index contributed by atoms with van der Waals surface area (Å²) in [6.07, 6.45) is -2.48. The number of aromatic nitrogens is 2. The van der Waals surface area contributed by atoms with Crippen LogP contribution in [0, 0.1) is 0 Å². The van der Waals surface area contributed by atoms with Gasteiger partial charge in [-0.25, -0.2) is 18.5 Å². The van der Waals surface area contributed by atoms with Crippen LogP contribution < -0.4 is 4.72 Å². The summed E-state index contributed by atoms with van der Waals surface area (Å²) in [5, 5.41) is 0.694. The molecule has 0 saturated heterocycles. The van der Waals surface area contributed by atoms with Crippen LogP contribution in [0.15, 0.2) is 47.4 Å². The molecule has 0 radical (unpaired) electrons. The van der Waals surface area contributed by atoms with Crippen molar-refractivity contribution in [2.45, 2.75) is 37.8 Å². The number of rotatable bonds is 6. The largest absolute Gasteiger partial charge is 0.327 e. The summed E-state index contributed by atoms with van der Waals surface area (Å²) in [4.78, 5) is 5.67. The van der Waals surface area contributed by atoms with Crippen molar-refractivity contribution < 1.29 is 8.78 Å². The lowest BCUT2D eigenvalue weighted by Gasteiger charge is -2.14. The van der Waals surface area contributed by atoms with Gasteiger partial charge in [0.2, 0.25) is 0 Å². The smallest absolute Gasteiger partial charge is 0.263 e. The van der Waals surface area contributed by atoms with Gasteiger partial charge in [0.25, 0.3) is 6.43 Å². The number of imidazole rings is 1. The van der Waals surface area contributed by atoms with Crippen molar-refractivity contribution in [3.8, 4) is 0 Å². The quantitative estimate of drug-likeness (QED) is 0.530. The van der Waals surface area contributed by atoms with Crippen LogP contribution in [-0.2, 0) is 6.54 Å². The van der Waals surface area contributed by atoms with Gasteiger partial charge in [0.05, 0.1) is 17.1 Å². The fourth-order valence-electron chi connectivity index (χ4n) is 2.67. The Morgan fingerprint density at radius 3 is 2.56 bits per heavy atom. The fourth-order valence-corrected chi connectivity index (χ4v) is 3.49. The van der Waals surface area contributed by atoms with E-state index in [-0.39, 0.29) is 11.6 Å². The average molecular weight is 382 g/mol. The Labute approximate surface area is 154 Å². The lowest BCUT2D eigenvalue weighted by Crippen LogP contribution is -2.16. The summed E-state index contributed by atoms with van der Waals surface area (Å²) in [6.45, 7) is 4.65. The SMILES string of the molecule is CCn1c([C@@H](C)NSc2ccc(Cl)cc2)nc2ccc(C(F)F)cc21. The van der Waals surface area contributed by atoms with Crippen molar-refractivity contribution >= 4 is 34.6 Å². The molecule has 25 heavy (non-hydrogen) atoms. The fraction of sp³-hybridized carbons (Fsp3) is 0.278. The molecule has 1 N–H and O–H groups in total. The third-order valence-electron chi connectivity index (χ3n) is 3.92. The Balaban J connectivity index is 1.85. The predicted octanol–water partition coefficient (Wildman–Crippen LogP) is 6.01. The summed E-state index contributed by atoms with van der Waals surface area (Å²) < 4.78 is 31.3.